The quantitative estimate of drug-likeness (QED) is 0.843. The number of nitrogens with zero attached hydrogens (tertiary/aromatic N) is 1. The van der Waals surface area contributed by atoms with E-state index in [-0.39, 0.29) is 5.54 Å². The molecule has 3 fully saturated rings. The summed E-state index contributed by atoms with van der Waals surface area (Å²) in [6, 6.07) is 0.605. The first-order chi connectivity index (χ1) is 9.29. The molecule has 4 heteroatoms. The summed E-state index contributed by atoms with van der Waals surface area (Å²) in [6.07, 6.45) is 7.95. The minimum atomic E-state index is 0.163. The van der Waals surface area contributed by atoms with Crippen molar-refractivity contribution in [1.29, 1.82) is 0 Å². The molecule has 3 aliphatic rings. The van der Waals surface area contributed by atoms with Crippen LogP contribution in [-0.2, 0) is 9.47 Å². The summed E-state index contributed by atoms with van der Waals surface area (Å²) in [5.41, 5.74) is 6.39. The molecule has 0 radical (unpaired) electrons. The van der Waals surface area contributed by atoms with E-state index in [2.05, 4.69) is 11.8 Å². The van der Waals surface area contributed by atoms with Gasteiger partial charge in [0.1, 0.15) is 0 Å². The molecule has 0 aromatic rings. The summed E-state index contributed by atoms with van der Waals surface area (Å²) in [5.74, 6) is 0. The third kappa shape index (κ3) is 2.44. The van der Waals surface area contributed by atoms with Crippen LogP contribution in [0.15, 0.2) is 0 Å². The molecule has 0 aromatic carbocycles. The highest BCUT2D eigenvalue weighted by Gasteiger charge is 2.48. The van der Waals surface area contributed by atoms with Gasteiger partial charge in [0.05, 0.1) is 18.8 Å². The molecule has 0 spiro atoms. The molecule has 1 aliphatic carbocycles. The van der Waals surface area contributed by atoms with Gasteiger partial charge in [-0.25, -0.2) is 0 Å². The van der Waals surface area contributed by atoms with E-state index in [9.17, 15) is 0 Å². The summed E-state index contributed by atoms with van der Waals surface area (Å²) >= 11 is 0. The van der Waals surface area contributed by atoms with Gasteiger partial charge in [-0.15, -0.1) is 0 Å². The van der Waals surface area contributed by atoms with Gasteiger partial charge in [-0.05, 0) is 38.5 Å². The Balaban J connectivity index is 1.79. The van der Waals surface area contributed by atoms with Gasteiger partial charge in [-0.2, -0.15) is 0 Å². The number of nitrogens with two attached hydrogens (primary N) is 1. The zero-order valence-corrected chi connectivity index (χ0v) is 12.1. The molecule has 4 nitrogen and oxygen atoms in total. The van der Waals surface area contributed by atoms with Gasteiger partial charge in [0.2, 0.25) is 0 Å². The van der Waals surface area contributed by atoms with Crippen LogP contribution in [0, 0.1) is 0 Å². The number of fused-ring (bicyclic) bond motifs is 1. The lowest BCUT2D eigenvalue weighted by Crippen LogP contribution is -2.65. The molecular weight excluding hydrogens is 240 g/mol. The maximum atomic E-state index is 6.23. The van der Waals surface area contributed by atoms with Gasteiger partial charge in [-0.1, -0.05) is 6.92 Å². The van der Waals surface area contributed by atoms with Crippen LogP contribution >= 0.6 is 0 Å². The Kier molecular flexibility index (Phi) is 4.13. The summed E-state index contributed by atoms with van der Waals surface area (Å²) in [4.78, 5) is 2.71. The molecule has 19 heavy (non-hydrogen) atoms. The number of hydrogen-bond donors (Lipinski definition) is 1. The minimum Gasteiger partial charge on any atom is -0.378 e. The van der Waals surface area contributed by atoms with Gasteiger partial charge in [0, 0.05) is 31.3 Å². The van der Waals surface area contributed by atoms with Crippen LogP contribution in [0.4, 0.5) is 0 Å². The third-order valence-corrected chi connectivity index (χ3v) is 5.46. The highest BCUT2D eigenvalue weighted by Crippen LogP contribution is 2.39. The summed E-state index contributed by atoms with van der Waals surface area (Å²) in [5, 5.41) is 0. The summed E-state index contributed by atoms with van der Waals surface area (Å²) in [7, 11) is 0. The Hall–Kier alpha value is -0.160. The maximum Gasteiger partial charge on any atom is 0.0731 e. The Morgan fingerprint density at radius 2 is 2.16 bits per heavy atom. The molecule has 2 heterocycles. The molecule has 0 bridgehead atoms. The highest BCUT2D eigenvalue weighted by molar-refractivity contribution is 5.03. The zero-order valence-electron chi connectivity index (χ0n) is 12.1. The Morgan fingerprint density at radius 1 is 1.26 bits per heavy atom. The van der Waals surface area contributed by atoms with E-state index in [0.717, 1.165) is 45.6 Å². The molecule has 2 aliphatic heterocycles. The van der Waals surface area contributed by atoms with Crippen molar-refractivity contribution in [3.05, 3.63) is 0 Å². The van der Waals surface area contributed by atoms with Gasteiger partial charge in [0.15, 0.2) is 0 Å². The first-order valence-corrected chi connectivity index (χ1v) is 7.99. The smallest absolute Gasteiger partial charge is 0.0731 e. The van der Waals surface area contributed by atoms with E-state index < -0.39 is 0 Å². The normalized spacial score (nSPS) is 44.2. The topological polar surface area (TPSA) is 47.7 Å². The average molecular weight is 268 g/mol. The van der Waals surface area contributed by atoms with Crippen molar-refractivity contribution >= 4 is 0 Å². The van der Waals surface area contributed by atoms with Gasteiger partial charge in [0.25, 0.3) is 0 Å². The SMILES string of the molecule is CCC1CC(CN)(N2CCOC3CCCC32)CCO1. The van der Waals surface area contributed by atoms with Crippen LogP contribution in [0.2, 0.25) is 0 Å². The number of ether oxygens (including phenoxy) is 2. The van der Waals surface area contributed by atoms with Gasteiger partial charge >= 0.3 is 0 Å². The second kappa shape index (κ2) is 5.68. The van der Waals surface area contributed by atoms with Crippen molar-refractivity contribution in [3.63, 3.8) is 0 Å². The van der Waals surface area contributed by atoms with E-state index in [1.165, 1.54) is 19.3 Å². The predicted octanol–water partition coefficient (Wildman–Crippen LogP) is 1.53. The van der Waals surface area contributed by atoms with Crippen molar-refractivity contribution < 1.29 is 9.47 Å². The van der Waals surface area contributed by atoms with E-state index in [4.69, 9.17) is 15.2 Å². The van der Waals surface area contributed by atoms with Crippen LogP contribution in [-0.4, -0.2) is 55.0 Å². The molecule has 0 aromatic heterocycles. The van der Waals surface area contributed by atoms with E-state index in [1.54, 1.807) is 0 Å². The van der Waals surface area contributed by atoms with Crippen molar-refractivity contribution in [3.8, 4) is 0 Å². The molecule has 3 rings (SSSR count). The zero-order chi connectivity index (χ0) is 13.3. The first kappa shape index (κ1) is 13.8. The van der Waals surface area contributed by atoms with Crippen LogP contribution in [0.25, 0.3) is 0 Å². The molecule has 2 saturated heterocycles. The molecule has 2 N–H and O–H groups in total. The molecule has 110 valence electrons. The average Bonchev–Trinajstić information content (AvgIpc) is 2.95. The van der Waals surface area contributed by atoms with E-state index >= 15 is 0 Å². The Labute approximate surface area is 116 Å². The molecular formula is C15H28N2O2. The molecule has 4 atom stereocenters. The Morgan fingerprint density at radius 3 is 2.95 bits per heavy atom. The predicted molar refractivity (Wildman–Crippen MR) is 75.1 cm³/mol. The summed E-state index contributed by atoms with van der Waals surface area (Å²) < 4.78 is 11.8. The Bertz CT molecular complexity index is 313. The van der Waals surface area contributed by atoms with Crippen molar-refractivity contribution in [1.82, 2.24) is 4.90 Å². The largest absolute Gasteiger partial charge is 0.378 e. The van der Waals surface area contributed by atoms with Crippen LogP contribution < -0.4 is 5.73 Å². The minimum absolute atomic E-state index is 0.163. The van der Waals surface area contributed by atoms with Crippen LogP contribution in [0.3, 0.4) is 0 Å². The second-order valence-electron chi connectivity index (χ2n) is 6.38. The molecule has 0 amide bonds. The number of rotatable bonds is 3. The lowest BCUT2D eigenvalue weighted by atomic mass is 9.82. The fraction of sp³-hybridized carbons (Fsp3) is 1.00. The summed E-state index contributed by atoms with van der Waals surface area (Å²) in [6.45, 7) is 5.77. The van der Waals surface area contributed by atoms with Crippen molar-refractivity contribution in [2.24, 2.45) is 5.73 Å². The highest BCUT2D eigenvalue weighted by atomic mass is 16.5. The maximum absolute atomic E-state index is 6.23. The van der Waals surface area contributed by atoms with Crippen molar-refractivity contribution in [2.45, 2.75) is 69.2 Å². The fourth-order valence-electron chi connectivity index (χ4n) is 4.34. The van der Waals surface area contributed by atoms with Crippen LogP contribution in [0.1, 0.15) is 45.4 Å². The van der Waals surface area contributed by atoms with E-state index in [0.29, 0.717) is 18.2 Å². The van der Waals surface area contributed by atoms with E-state index in [1.807, 2.05) is 0 Å². The lowest BCUT2D eigenvalue weighted by Gasteiger charge is -2.53. The molecule has 1 saturated carbocycles. The van der Waals surface area contributed by atoms with Gasteiger partial charge in [-0.3, -0.25) is 4.90 Å². The standard InChI is InChI=1S/C15H28N2O2/c1-2-12-10-15(11-16,6-8-18-12)17-7-9-19-14-5-3-4-13(14)17/h12-14H,2-11,16H2,1H3. The van der Waals surface area contributed by atoms with Crippen LogP contribution in [0.5, 0.6) is 0 Å². The number of morpholine rings is 1. The first-order valence-electron chi connectivity index (χ1n) is 7.99. The third-order valence-electron chi connectivity index (χ3n) is 5.46. The monoisotopic (exact) mass is 268 g/mol. The lowest BCUT2D eigenvalue weighted by molar-refractivity contribution is -0.137. The van der Waals surface area contributed by atoms with Gasteiger partial charge < -0.3 is 15.2 Å². The fourth-order valence-corrected chi connectivity index (χ4v) is 4.34. The second-order valence-corrected chi connectivity index (χ2v) is 6.38. The van der Waals surface area contributed by atoms with Crippen molar-refractivity contribution in [2.75, 3.05) is 26.3 Å². The molecule has 4 unspecified atom stereocenters. The number of hydrogen-bond acceptors (Lipinski definition) is 4.